The summed E-state index contributed by atoms with van der Waals surface area (Å²) in [4.78, 5) is 19.6. The minimum atomic E-state index is -0.226. The van der Waals surface area contributed by atoms with Gasteiger partial charge in [-0.05, 0) is 73.2 Å². The molecule has 0 spiro atoms. The van der Waals surface area contributed by atoms with Gasteiger partial charge in [-0.2, -0.15) is 0 Å². The number of H-pyrrole nitrogens is 1. The SMILES string of the molecule is Cc1ccc(NC(=O)Nc2ccc3c(c2)CC(c2cnc[nH]2)C3)cc1C.Cl. The van der Waals surface area contributed by atoms with Crippen LogP contribution < -0.4 is 10.6 Å². The van der Waals surface area contributed by atoms with Crippen molar-refractivity contribution in [2.45, 2.75) is 32.6 Å². The number of hydrogen-bond acceptors (Lipinski definition) is 2. The topological polar surface area (TPSA) is 69.8 Å². The standard InChI is InChI=1S/C21H22N4O.ClH/c1-13-3-5-18(7-14(13)2)24-21(26)25-19-6-4-15-8-17(9-16(15)10-19)20-11-22-12-23-20;/h3-7,10-12,17H,8-9H2,1-2H3,(H,22,23)(H2,24,25,26);1H. The van der Waals surface area contributed by atoms with Gasteiger partial charge in [0.2, 0.25) is 0 Å². The van der Waals surface area contributed by atoms with Crippen LogP contribution in [0.1, 0.15) is 33.9 Å². The number of carbonyl (C=O) groups excluding carboxylic acids is 1. The monoisotopic (exact) mass is 382 g/mol. The fourth-order valence-corrected chi connectivity index (χ4v) is 3.52. The van der Waals surface area contributed by atoms with E-state index in [9.17, 15) is 4.79 Å². The zero-order valence-corrected chi connectivity index (χ0v) is 16.2. The van der Waals surface area contributed by atoms with Gasteiger partial charge in [0.25, 0.3) is 0 Å². The third kappa shape index (κ3) is 4.14. The average Bonchev–Trinajstić information content (AvgIpc) is 3.26. The van der Waals surface area contributed by atoms with Crippen LogP contribution in [0.25, 0.3) is 0 Å². The highest BCUT2D eigenvalue weighted by Gasteiger charge is 2.24. The van der Waals surface area contributed by atoms with Crippen molar-refractivity contribution in [3.05, 3.63) is 76.9 Å². The molecular formula is C21H23ClN4O. The Morgan fingerprint density at radius 2 is 1.70 bits per heavy atom. The maximum Gasteiger partial charge on any atom is 0.323 e. The maximum absolute atomic E-state index is 12.3. The fraction of sp³-hybridized carbons (Fsp3) is 0.238. The summed E-state index contributed by atoms with van der Waals surface area (Å²) in [5, 5.41) is 5.83. The molecule has 1 aliphatic rings. The minimum Gasteiger partial charge on any atom is -0.348 e. The van der Waals surface area contributed by atoms with E-state index in [0.29, 0.717) is 5.92 Å². The summed E-state index contributed by atoms with van der Waals surface area (Å²) in [6.07, 6.45) is 5.59. The van der Waals surface area contributed by atoms with Gasteiger partial charge in [-0.15, -0.1) is 12.4 Å². The number of hydrogen-bond donors (Lipinski definition) is 3. The molecule has 2 amide bonds. The normalized spacial score (nSPS) is 15.0. The molecule has 1 aromatic heterocycles. The number of urea groups is 1. The summed E-state index contributed by atoms with van der Waals surface area (Å²) in [5.41, 5.74) is 7.77. The van der Waals surface area contributed by atoms with Gasteiger partial charge in [0, 0.05) is 29.2 Å². The molecule has 0 aliphatic heterocycles. The molecule has 140 valence electrons. The Kier molecular flexibility index (Phi) is 5.51. The molecule has 4 rings (SSSR count). The van der Waals surface area contributed by atoms with Gasteiger partial charge in [-0.1, -0.05) is 12.1 Å². The molecular weight excluding hydrogens is 360 g/mol. The van der Waals surface area contributed by atoms with Crippen LogP contribution >= 0.6 is 12.4 Å². The predicted octanol–water partition coefficient (Wildman–Crippen LogP) is 4.97. The van der Waals surface area contributed by atoms with Crippen molar-refractivity contribution in [2.75, 3.05) is 10.6 Å². The Morgan fingerprint density at radius 1 is 1.00 bits per heavy atom. The Hall–Kier alpha value is -2.79. The van der Waals surface area contributed by atoms with Crippen molar-refractivity contribution in [3.8, 4) is 0 Å². The number of fused-ring (bicyclic) bond motifs is 1. The molecule has 0 radical (unpaired) electrons. The Bertz CT molecular complexity index is 953. The van der Waals surface area contributed by atoms with E-state index < -0.39 is 0 Å². The Morgan fingerprint density at radius 3 is 2.41 bits per heavy atom. The van der Waals surface area contributed by atoms with Gasteiger partial charge in [0.15, 0.2) is 0 Å². The lowest BCUT2D eigenvalue weighted by molar-refractivity contribution is 0.262. The third-order valence-corrected chi connectivity index (χ3v) is 5.12. The highest BCUT2D eigenvalue weighted by molar-refractivity contribution is 5.99. The summed E-state index contributed by atoms with van der Waals surface area (Å²) in [5.74, 6) is 0.437. The number of halogens is 1. The number of aromatic amines is 1. The van der Waals surface area contributed by atoms with Gasteiger partial charge in [0.1, 0.15) is 0 Å². The Labute approximate surface area is 165 Å². The molecule has 1 atom stereocenters. The summed E-state index contributed by atoms with van der Waals surface area (Å²) in [6, 6.07) is 11.8. The summed E-state index contributed by atoms with van der Waals surface area (Å²) < 4.78 is 0. The molecule has 0 fully saturated rings. The van der Waals surface area contributed by atoms with Crippen LogP contribution in [-0.2, 0) is 12.8 Å². The van der Waals surface area contributed by atoms with Crippen molar-refractivity contribution in [2.24, 2.45) is 0 Å². The number of amides is 2. The molecule has 5 nitrogen and oxygen atoms in total. The van der Waals surface area contributed by atoms with Crippen LogP contribution in [0.15, 0.2) is 48.9 Å². The van der Waals surface area contributed by atoms with Crippen molar-refractivity contribution in [3.63, 3.8) is 0 Å². The number of benzene rings is 2. The number of aryl methyl sites for hydroxylation is 2. The summed E-state index contributed by atoms with van der Waals surface area (Å²) in [6.45, 7) is 4.09. The van der Waals surface area contributed by atoms with Gasteiger partial charge in [-0.3, -0.25) is 0 Å². The first-order valence-corrected chi connectivity index (χ1v) is 8.84. The summed E-state index contributed by atoms with van der Waals surface area (Å²) >= 11 is 0. The van der Waals surface area contributed by atoms with Crippen molar-refractivity contribution in [1.82, 2.24) is 9.97 Å². The highest BCUT2D eigenvalue weighted by Crippen LogP contribution is 2.34. The van der Waals surface area contributed by atoms with Crippen LogP contribution in [0.4, 0.5) is 16.2 Å². The molecule has 1 unspecified atom stereocenters. The quantitative estimate of drug-likeness (QED) is 0.598. The van der Waals surface area contributed by atoms with Crippen LogP contribution in [-0.4, -0.2) is 16.0 Å². The van der Waals surface area contributed by atoms with E-state index in [1.807, 2.05) is 37.4 Å². The molecule has 27 heavy (non-hydrogen) atoms. The van der Waals surface area contributed by atoms with Gasteiger partial charge in [-0.25, -0.2) is 9.78 Å². The lowest BCUT2D eigenvalue weighted by atomic mass is 10.0. The van der Waals surface area contributed by atoms with E-state index in [-0.39, 0.29) is 18.4 Å². The van der Waals surface area contributed by atoms with Crippen LogP contribution in [0, 0.1) is 13.8 Å². The molecule has 3 aromatic rings. The van der Waals surface area contributed by atoms with E-state index in [0.717, 1.165) is 29.8 Å². The lowest BCUT2D eigenvalue weighted by Crippen LogP contribution is -2.19. The molecule has 6 heteroatoms. The van der Waals surface area contributed by atoms with Gasteiger partial charge in [0.05, 0.1) is 6.33 Å². The molecule has 1 aliphatic carbocycles. The number of rotatable bonds is 3. The van der Waals surface area contributed by atoms with Crippen LogP contribution in [0.2, 0.25) is 0 Å². The van der Waals surface area contributed by atoms with Gasteiger partial charge < -0.3 is 15.6 Å². The van der Waals surface area contributed by atoms with Crippen molar-refractivity contribution < 1.29 is 4.79 Å². The number of anilines is 2. The summed E-state index contributed by atoms with van der Waals surface area (Å²) in [7, 11) is 0. The second-order valence-electron chi connectivity index (χ2n) is 6.97. The highest BCUT2D eigenvalue weighted by atomic mass is 35.5. The van der Waals surface area contributed by atoms with Crippen LogP contribution in [0.5, 0.6) is 0 Å². The first kappa shape index (κ1) is 19.0. The second kappa shape index (κ2) is 7.84. The van der Waals surface area contributed by atoms with Crippen molar-refractivity contribution >= 4 is 29.8 Å². The number of aromatic nitrogens is 2. The molecule has 1 heterocycles. The number of nitrogens with one attached hydrogen (secondary N) is 3. The van der Waals surface area contributed by atoms with E-state index in [4.69, 9.17) is 0 Å². The van der Waals surface area contributed by atoms with Gasteiger partial charge >= 0.3 is 6.03 Å². The second-order valence-corrected chi connectivity index (χ2v) is 6.97. The van der Waals surface area contributed by atoms with Crippen LogP contribution in [0.3, 0.4) is 0 Å². The number of nitrogens with zero attached hydrogens (tertiary/aromatic N) is 1. The zero-order chi connectivity index (χ0) is 18.1. The lowest BCUT2D eigenvalue weighted by Gasteiger charge is -2.10. The predicted molar refractivity (Wildman–Crippen MR) is 111 cm³/mol. The molecule has 0 bridgehead atoms. The van der Waals surface area contributed by atoms with E-state index in [1.54, 1.807) is 6.33 Å². The number of carbonyl (C=O) groups is 1. The first-order valence-electron chi connectivity index (χ1n) is 8.84. The van der Waals surface area contributed by atoms with E-state index >= 15 is 0 Å². The fourth-order valence-electron chi connectivity index (χ4n) is 3.52. The molecule has 0 saturated carbocycles. The number of imidazole rings is 1. The van der Waals surface area contributed by atoms with E-state index in [1.165, 1.54) is 22.4 Å². The largest absolute Gasteiger partial charge is 0.348 e. The average molecular weight is 383 g/mol. The molecule has 0 saturated heterocycles. The Balaban J connectivity index is 0.00000210. The van der Waals surface area contributed by atoms with Crippen molar-refractivity contribution in [1.29, 1.82) is 0 Å². The maximum atomic E-state index is 12.3. The zero-order valence-electron chi connectivity index (χ0n) is 15.4. The van der Waals surface area contributed by atoms with E-state index in [2.05, 4.69) is 39.7 Å². The minimum absolute atomic E-state index is 0. The smallest absolute Gasteiger partial charge is 0.323 e. The molecule has 3 N–H and O–H groups in total. The first-order chi connectivity index (χ1) is 12.6. The third-order valence-electron chi connectivity index (χ3n) is 5.12. The molecule has 2 aromatic carbocycles.